The Kier molecular flexibility index (Phi) is 5.32. The van der Waals surface area contributed by atoms with Crippen LogP contribution in [0, 0.1) is 0 Å². The number of aryl methyl sites for hydroxylation is 1. The maximum Gasteiger partial charge on any atom is 0.332 e. The molecule has 1 aromatic carbocycles. The topological polar surface area (TPSA) is 104 Å². The molecule has 0 saturated heterocycles. The van der Waals surface area contributed by atoms with Crippen molar-refractivity contribution in [1.82, 2.24) is 23.7 Å². The van der Waals surface area contributed by atoms with Crippen molar-refractivity contribution in [2.45, 2.75) is 26.3 Å². The minimum Gasteiger partial charge on any atom is -0.315 e. The fourth-order valence-corrected chi connectivity index (χ4v) is 4.07. The third kappa shape index (κ3) is 3.81. The summed E-state index contributed by atoms with van der Waals surface area (Å²) in [6.45, 7) is 4.16. The van der Waals surface area contributed by atoms with E-state index in [0.29, 0.717) is 11.0 Å². The first-order valence-electron chi connectivity index (χ1n) is 9.73. The van der Waals surface area contributed by atoms with Crippen molar-refractivity contribution in [1.29, 1.82) is 0 Å². The zero-order chi connectivity index (χ0) is 22.3. The molecule has 160 valence electrons. The summed E-state index contributed by atoms with van der Waals surface area (Å²) in [5.74, 6) is 0.115. The van der Waals surface area contributed by atoms with E-state index in [2.05, 4.69) is 41.3 Å². The molecule has 10 heteroatoms. The Morgan fingerprint density at radius 1 is 1.13 bits per heavy atom. The molecular formula is C21H22N6O3S. The number of hydrogen-bond donors (Lipinski definition) is 1. The third-order valence-corrected chi connectivity index (χ3v) is 5.91. The van der Waals surface area contributed by atoms with Crippen molar-refractivity contribution < 1.29 is 4.79 Å². The predicted octanol–water partition coefficient (Wildman–Crippen LogP) is 2.32. The van der Waals surface area contributed by atoms with Gasteiger partial charge in [-0.3, -0.25) is 18.7 Å². The molecule has 0 aliphatic carbocycles. The summed E-state index contributed by atoms with van der Waals surface area (Å²) in [7, 11) is 2.93. The molecule has 0 fully saturated rings. The summed E-state index contributed by atoms with van der Waals surface area (Å²) in [4.78, 5) is 45.7. The van der Waals surface area contributed by atoms with Crippen LogP contribution in [0.3, 0.4) is 0 Å². The molecule has 0 atom stereocenters. The van der Waals surface area contributed by atoms with Gasteiger partial charge < -0.3 is 9.88 Å². The lowest BCUT2D eigenvalue weighted by molar-refractivity contribution is -0.116. The zero-order valence-electron chi connectivity index (χ0n) is 17.6. The molecule has 1 N–H and O–H groups in total. The minimum atomic E-state index is -0.496. The van der Waals surface area contributed by atoms with Crippen LogP contribution >= 0.6 is 11.3 Å². The highest BCUT2D eigenvalue weighted by Crippen LogP contribution is 2.26. The van der Waals surface area contributed by atoms with Crippen LogP contribution in [-0.2, 0) is 25.4 Å². The van der Waals surface area contributed by atoms with Crippen molar-refractivity contribution in [3.8, 4) is 11.3 Å². The molecule has 0 spiro atoms. The van der Waals surface area contributed by atoms with Crippen molar-refractivity contribution >= 4 is 33.5 Å². The number of nitrogens with zero attached hydrogens (tertiary/aromatic N) is 5. The molecular weight excluding hydrogens is 416 g/mol. The van der Waals surface area contributed by atoms with Crippen LogP contribution in [0.5, 0.6) is 0 Å². The zero-order valence-corrected chi connectivity index (χ0v) is 18.4. The average molecular weight is 439 g/mol. The fraction of sp³-hybridized carbons (Fsp3) is 0.286. The highest BCUT2D eigenvalue weighted by atomic mass is 32.1. The summed E-state index contributed by atoms with van der Waals surface area (Å²) >= 11 is 1.33. The van der Waals surface area contributed by atoms with Crippen molar-refractivity contribution in [3.05, 3.63) is 62.4 Å². The van der Waals surface area contributed by atoms with E-state index >= 15 is 0 Å². The molecule has 0 unspecified atom stereocenters. The standard InChI is InChI=1S/C21H22N6O3S/c1-12(2)13-5-7-14(8-6-13)15-10-31-20(23-15)24-16(28)9-27-11-22-18-17(27)19(29)26(4)21(30)25(18)3/h5-8,10-12H,9H2,1-4H3,(H,23,24,28). The highest BCUT2D eigenvalue weighted by molar-refractivity contribution is 7.14. The van der Waals surface area contributed by atoms with Crippen LogP contribution in [0.25, 0.3) is 22.4 Å². The van der Waals surface area contributed by atoms with Crippen LogP contribution in [0.2, 0.25) is 0 Å². The van der Waals surface area contributed by atoms with Gasteiger partial charge in [0.1, 0.15) is 6.54 Å². The van der Waals surface area contributed by atoms with Crippen LogP contribution in [0.1, 0.15) is 25.3 Å². The first-order valence-corrected chi connectivity index (χ1v) is 10.6. The average Bonchev–Trinajstić information content (AvgIpc) is 3.38. The fourth-order valence-electron chi connectivity index (χ4n) is 3.33. The monoisotopic (exact) mass is 438 g/mol. The second-order valence-corrected chi connectivity index (χ2v) is 8.47. The Bertz CT molecular complexity index is 1390. The van der Waals surface area contributed by atoms with E-state index in [1.54, 1.807) is 0 Å². The van der Waals surface area contributed by atoms with Gasteiger partial charge in [0, 0.05) is 25.0 Å². The van der Waals surface area contributed by atoms with Gasteiger partial charge >= 0.3 is 5.69 Å². The van der Waals surface area contributed by atoms with E-state index in [9.17, 15) is 14.4 Å². The lowest BCUT2D eigenvalue weighted by Crippen LogP contribution is -2.37. The van der Waals surface area contributed by atoms with Gasteiger partial charge in [-0.25, -0.2) is 14.8 Å². The van der Waals surface area contributed by atoms with Gasteiger partial charge in [0.25, 0.3) is 5.56 Å². The Morgan fingerprint density at radius 2 is 1.84 bits per heavy atom. The number of amides is 1. The van der Waals surface area contributed by atoms with Gasteiger partial charge in [-0.15, -0.1) is 11.3 Å². The summed E-state index contributed by atoms with van der Waals surface area (Å²) in [5, 5.41) is 5.12. The number of fused-ring (bicyclic) bond motifs is 1. The number of rotatable bonds is 5. The van der Waals surface area contributed by atoms with Gasteiger partial charge in [-0.2, -0.15) is 0 Å². The summed E-state index contributed by atoms with van der Waals surface area (Å²) < 4.78 is 3.71. The van der Waals surface area contributed by atoms with E-state index in [-0.39, 0.29) is 23.6 Å². The summed E-state index contributed by atoms with van der Waals surface area (Å²) in [6.07, 6.45) is 1.38. The molecule has 0 aliphatic rings. The van der Waals surface area contributed by atoms with Crippen molar-refractivity contribution in [3.63, 3.8) is 0 Å². The number of thiazole rings is 1. The lowest BCUT2D eigenvalue weighted by atomic mass is 10.0. The largest absolute Gasteiger partial charge is 0.332 e. The van der Waals surface area contributed by atoms with Gasteiger partial charge in [0.15, 0.2) is 16.3 Å². The van der Waals surface area contributed by atoms with E-state index in [4.69, 9.17) is 0 Å². The molecule has 0 radical (unpaired) electrons. The van der Waals surface area contributed by atoms with Gasteiger partial charge in [-0.05, 0) is 11.5 Å². The van der Waals surface area contributed by atoms with Crippen molar-refractivity contribution in [2.24, 2.45) is 14.1 Å². The first kappa shape index (κ1) is 20.7. The number of carbonyl (C=O) groups is 1. The number of imidazole rings is 1. The Hall–Kier alpha value is -3.53. The molecule has 4 rings (SSSR count). The lowest BCUT2D eigenvalue weighted by Gasteiger charge is -2.06. The molecule has 9 nitrogen and oxygen atoms in total. The number of carbonyl (C=O) groups excluding carboxylic acids is 1. The van der Waals surface area contributed by atoms with E-state index in [0.717, 1.165) is 15.8 Å². The highest BCUT2D eigenvalue weighted by Gasteiger charge is 2.16. The van der Waals surface area contributed by atoms with Gasteiger partial charge in [-0.1, -0.05) is 38.1 Å². The number of hydrogen-bond acceptors (Lipinski definition) is 6. The van der Waals surface area contributed by atoms with E-state index < -0.39 is 11.2 Å². The maximum atomic E-state index is 12.6. The summed E-state index contributed by atoms with van der Waals surface area (Å²) in [5.41, 5.74) is 2.49. The van der Waals surface area contributed by atoms with Crippen molar-refractivity contribution in [2.75, 3.05) is 5.32 Å². The normalized spacial score (nSPS) is 11.4. The van der Waals surface area contributed by atoms with Crippen LogP contribution < -0.4 is 16.6 Å². The minimum absolute atomic E-state index is 0.123. The molecule has 3 heterocycles. The molecule has 1 amide bonds. The summed E-state index contributed by atoms with van der Waals surface area (Å²) in [6, 6.07) is 8.20. The van der Waals surface area contributed by atoms with Crippen LogP contribution in [0.15, 0.2) is 45.6 Å². The Balaban J connectivity index is 1.53. The molecule has 0 saturated carbocycles. The van der Waals surface area contributed by atoms with E-state index in [1.165, 1.54) is 46.5 Å². The second-order valence-electron chi connectivity index (χ2n) is 7.61. The Labute approximate surface area is 181 Å². The second kappa shape index (κ2) is 7.95. The molecule has 31 heavy (non-hydrogen) atoms. The maximum absolute atomic E-state index is 12.6. The first-order chi connectivity index (χ1) is 14.8. The van der Waals surface area contributed by atoms with Crippen LogP contribution in [0.4, 0.5) is 5.13 Å². The smallest absolute Gasteiger partial charge is 0.315 e. The molecule has 3 aromatic heterocycles. The SMILES string of the molecule is CC(C)c1ccc(-c2csc(NC(=O)Cn3cnc4c3c(=O)n(C)c(=O)n4C)n2)cc1. The molecule has 0 aliphatic heterocycles. The van der Waals surface area contributed by atoms with E-state index in [1.807, 2.05) is 17.5 Å². The predicted molar refractivity (Wildman–Crippen MR) is 120 cm³/mol. The number of nitrogens with one attached hydrogen (secondary N) is 1. The van der Waals surface area contributed by atoms with Gasteiger partial charge in [0.05, 0.1) is 12.0 Å². The number of anilines is 1. The quantitative estimate of drug-likeness (QED) is 0.515. The Morgan fingerprint density at radius 3 is 2.52 bits per heavy atom. The van der Waals surface area contributed by atoms with Gasteiger partial charge in [0.2, 0.25) is 5.91 Å². The molecule has 4 aromatic rings. The number of benzene rings is 1. The third-order valence-electron chi connectivity index (χ3n) is 5.15. The number of aromatic nitrogens is 5. The van der Waals surface area contributed by atoms with Crippen LogP contribution in [-0.4, -0.2) is 29.6 Å². The molecule has 0 bridgehead atoms.